The minimum Gasteiger partial charge on any atom is -0.339 e. The number of aromatic nitrogens is 2. The molecule has 2 fully saturated rings. The first kappa shape index (κ1) is 17.1. The largest absolute Gasteiger partial charge is 0.339 e. The van der Waals surface area contributed by atoms with Gasteiger partial charge >= 0.3 is 0 Å². The van der Waals surface area contributed by atoms with E-state index in [1.165, 1.54) is 0 Å². The molecule has 0 aliphatic carbocycles. The fourth-order valence-corrected chi connectivity index (χ4v) is 4.42. The molecule has 0 radical (unpaired) electrons. The molecule has 0 N–H and O–H groups in total. The van der Waals surface area contributed by atoms with E-state index < -0.39 is 0 Å². The molecule has 2 aromatic rings. The monoisotopic (exact) mass is 354 g/mol. The van der Waals surface area contributed by atoms with Gasteiger partial charge in [-0.05, 0) is 37.3 Å². The Kier molecular flexibility index (Phi) is 4.66. The second kappa shape index (κ2) is 7.09. The molecule has 2 atom stereocenters. The Bertz CT molecular complexity index is 815. The number of amides is 2. The van der Waals surface area contributed by atoms with Crippen molar-refractivity contribution >= 4 is 17.3 Å². The smallest absolute Gasteiger partial charge is 0.257 e. The molecule has 138 valence electrons. The number of carbonyl (C=O) groups excluding carboxylic acids is 2. The predicted octanol–water partition coefficient (Wildman–Crippen LogP) is 2.59. The highest BCUT2D eigenvalue weighted by molar-refractivity contribution is 6.00. The van der Waals surface area contributed by atoms with E-state index in [1.807, 2.05) is 29.3 Å². The van der Waals surface area contributed by atoms with Gasteiger partial charge in [0.15, 0.2) is 0 Å². The Hall–Kier alpha value is -2.37. The summed E-state index contributed by atoms with van der Waals surface area (Å²) in [5.41, 5.74) is 1.52. The van der Waals surface area contributed by atoms with E-state index in [0.717, 1.165) is 44.3 Å². The van der Waals surface area contributed by atoms with E-state index >= 15 is 0 Å². The molecule has 0 aromatic carbocycles. The molecule has 6 nitrogen and oxygen atoms in total. The number of rotatable bonds is 4. The van der Waals surface area contributed by atoms with Crippen LogP contribution in [0.25, 0.3) is 5.52 Å². The lowest BCUT2D eigenvalue weighted by Crippen LogP contribution is -2.57. The van der Waals surface area contributed by atoms with E-state index in [9.17, 15) is 9.59 Å². The van der Waals surface area contributed by atoms with E-state index in [2.05, 4.69) is 16.9 Å². The van der Waals surface area contributed by atoms with Crippen molar-refractivity contribution < 1.29 is 9.59 Å². The van der Waals surface area contributed by atoms with Crippen LogP contribution in [0.5, 0.6) is 0 Å². The maximum Gasteiger partial charge on any atom is 0.257 e. The summed E-state index contributed by atoms with van der Waals surface area (Å²) in [5.74, 6) is 0.743. The third kappa shape index (κ3) is 2.97. The lowest BCUT2D eigenvalue weighted by Gasteiger charge is -2.47. The van der Waals surface area contributed by atoms with Crippen molar-refractivity contribution in [3.63, 3.8) is 0 Å². The molecule has 0 saturated carbocycles. The molecular weight excluding hydrogens is 328 g/mol. The molecule has 0 spiro atoms. The molecule has 26 heavy (non-hydrogen) atoms. The first-order valence-corrected chi connectivity index (χ1v) is 9.70. The van der Waals surface area contributed by atoms with Gasteiger partial charge in [-0.15, -0.1) is 0 Å². The molecule has 2 amide bonds. The Balaban J connectivity index is 1.49. The number of nitrogens with zero attached hydrogens (tertiary/aromatic N) is 4. The first-order valence-electron chi connectivity index (χ1n) is 9.70. The number of hydrogen-bond acceptors (Lipinski definition) is 3. The van der Waals surface area contributed by atoms with E-state index in [-0.39, 0.29) is 5.91 Å². The quantitative estimate of drug-likeness (QED) is 0.848. The molecule has 6 heteroatoms. The maximum atomic E-state index is 13.1. The maximum absolute atomic E-state index is 13.1. The van der Waals surface area contributed by atoms with Crippen molar-refractivity contribution in [3.8, 4) is 0 Å². The Labute approximate surface area is 153 Å². The van der Waals surface area contributed by atoms with Crippen molar-refractivity contribution in [2.75, 3.05) is 19.6 Å². The SMILES string of the molecule is CCCCN1C(=O)CC[C@H]2CN(C(=O)c3cnn4ccccc34)CC[C@H]21. The third-order valence-electron chi connectivity index (χ3n) is 5.84. The van der Waals surface area contributed by atoms with E-state index in [0.29, 0.717) is 36.4 Å². The van der Waals surface area contributed by atoms with Crippen LogP contribution in [0.4, 0.5) is 0 Å². The number of pyridine rings is 1. The third-order valence-corrected chi connectivity index (χ3v) is 5.84. The second-order valence-corrected chi connectivity index (χ2v) is 7.44. The Morgan fingerprint density at radius 3 is 3.04 bits per heavy atom. The molecule has 4 rings (SSSR count). The summed E-state index contributed by atoms with van der Waals surface area (Å²) in [6.45, 7) is 4.46. The van der Waals surface area contributed by atoms with Crippen LogP contribution in [-0.4, -0.2) is 56.9 Å². The van der Waals surface area contributed by atoms with Gasteiger partial charge in [0, 0.05) is 38.3 Å². The highest BCUT2D eigenvalue weighted by atomic mass is 16.2. The molecular formula is C20H26N4O2. The highest BCUT2D eigenvalue weighted by Crippen LogP contribution is 2.32. The standard InChI is InChI=1S/C20H26N4O2/c1-2-3-10-23-17-9-12-22(14-15(17)7-8-19(23)25)20(26)16-13-21-24-11-5-4-6-18(16)24/h4-6,11,13,15,17H,2-3,7-10,12,14H2,1H3/t15-,17+/m0/s1. The summed E-state index contributed by atoms with van der Waals surface area (Å²) < 4.78 is 1.74. The minimum atomic E-state index is 0.0571. The van der Waals surface area contributed by atoms with E-state index in [4.69, 9.17) is 0 Å². The zero-order chi connectivity index (χ0) is 18.1. The van der Waals surface area contributed by atoms with Gasteiger partial charge in [-0.1, -0.05) is 19.4 Å². The summed E-state index contributed by atoms with van der Waals surface area (Å²) in [7, 11) is 0. The van der Waals surface area contributed by atoms with Crippen molar-refractivity contribution in [1.29, 1.82) is 0 Å². The molecule has 0 bridgehead atoms. The Morgan fingerprint density at radius 2 is 2.19 bits per heavy atom. The van der Waals surface area contributed by atoms with Crippen LogP contribution in [0.15, 0.2) is 30.6 Å². The average molecular weight is 354 g/mol. The average Bonchev–Trinajstić information content (AvgIpc) is 3.10. The number of carbonyl (C=O) groups is 2. The van der Waals surface area contributed by atoms with Crippen LogP contribution < -0.4 is 0 Å². The van der Waals surface area contributed by atoms with Gasteiger partial charge in [0.1, 0.15) is 0 Å². The zero-order valence-electron chi connectivity index (χ0n) is 15.3. The topological polar surface area (TPSA) is 57.9 Å². The summed E-state index contributed by atoms with van der Waals surface area (Å²) in [6, 6.07) is 6.07. The lowest BCUT2D eigenvalue weighted by molar-refractivity contribution is -0.140. The molecule has 4 heterocycles. The van der Waals surface area contributed by atoms with Crippen molar-refractivity contribution in [2.24, 2.45) is 5.92 Å². The summed E-state index contributed by atoms with van der Waals surface area (Å²) in [4.78, 5) is 29.4. The number of hydrogen-bond donors (Lipinski definition) is 0. The number of fused-ring (bicyclic) bond motifs is 2. The fourth-order valence-electron chi connectivity index (χ4n) is 4.42. The molecule has 2 aliphatic rings. The van der Waals surface area contributed by atoms with Crippen LogP contribution in [0.3, 0.4) is 0 Å². The lowest BCUT2D eigenvalue weighted by atomic mass is 9.83. The van der Waals surface area contributed by atoms with Crippen LogP contribution in [-0.2, 0) is 4.79 Å². The van der Waals surface area contributed by atoms with Gasteiger partial charge in [-0.2, -0.15) is 5.10 Å². The molecule has 2 aliphatic heterocycles. The highest BCUT2D eigenvalue weighted by Gasteiger charge is 2.40. The zero-order valence-corrected chi connectivity index (χ0v) is 15.3. The van der Waals surface area contributed by atoms with Crippen molar-refractivity contribution in [1.82, 2.24) is 19.4 Å². The number of unbranched alkanes of at least 4 members (excludes halogenated alkanes) is 1. The molecule has 2 aromatic heterocycles. The molecule has 0 unspecified atom stereocenters. The van der Waals surface area contributed by atoms with Gasteiger partial charge in [-0.25, -0.2) is 4.52 Å². The van der Waals surface area contributed by atoms with Crippen LogP contribution in [0.2, 0.25) is 0 Å². The second-order valence-electron chi connectivity index (χ2n) is 7.44. The van der Waals surface area contributed by atoms with Gasteiger partial charge in [0.25, 0.3) is 5.91 Å². The minimum absolute atomic E-state index is 0.0571. The summed E-state index contributed by atoms with van der Waals surface area (Å²) in [6.07, 6.45) is 8.07. The molecule has 2 saturated heterocycles. The van der Waals surface area contributed by atoms with Gasteiger partial charge < -0.3 is 9.80 Å². The summed E-state index contributed by atoms with van der Waals surface area (Å²) in [5, 5.41) is 4.29. The van der Waals surface area contributed by atoms with Gasteiger partial charge in [0.05, 0.1) is 17.3 Å². The van der Waals surface area contributed by atoms with Gasteiger partial charge in [0.2, 0.25) is 5.91 Å². The van der Waals surface area contributed by atoms with Crippen molar-refractivity contribution in [3.05, 3.63) is 36.2 Å². The summed E-state index contributed by atoms with van der Waals surface area (Å²) >= 11 is 0. The van der Waals surface area contributed by atoms with Crippen molar-refractivity contribution in [2.45, 2.75) is 45.1 Å². The van der Waals surface area contributed by atoms with Crippen LogP contribution in [0, 0.1) is 5.92 Å². The Morgan fingerprint density at radius 1 is 1.31 bits per heavy atom. The predicted molar refractivity (Wildman–Crippen MR) is 98.8 cm³/mol. The normalized spacial score (nSPS) is 23.3. The fraction of sp³-hybridized carbons (Fsp3) is 0.550. The van der Waals surface area contributed by atoms with Crippen LogP contribution >= 0.6 is 0 Å². The van der Waals surface area contributed by atoms with Gasteiger partial charge in [-0.3, -0.25) is 9.59 Å². The van der Waals surface area contributed by atoms with E-state index in [1.54, 1.807) is 10.7 Å². The first-order chi connectivity index (χ1) is 12.7. The number of likely N-dealkylation sites (tertiary alicyclic amines) is 2. The number of piperidine rings is 2. The van der Waals surface area contributed by atoms with Crippen LogP contribution in [0.1, 0.15) is 49.4 Å².